The summed E-state index contributed by atoms with van der Waals surface area (Å²) in [6.45, 7) is 3.62. The van der Waals surface area contributed by atoms with E-state index in [1.54, 1.807) is 30.0 Å². The van der Waals surface area contributed by atoms with Crippen LogP contribution in [0.4, 0.5) is 10.5 Å². The summed E-state index contributed by atoms with van der Waals surface area (Å²) in [5.74, 6) is -0.102. The number of ether oxygens (including phenoxy) is 1. The average Bonchev–Trinajstić information content (AvgIpc) is 3.42. The maximum absolute atomic E-state index is 12.8. The third-order valence-electron chi connectivity index (χ3n) is 4.53. The molecule has 152 valence electrons. The first-order valence-electron chi connectivity index (χ1n) is 9.41. The number of carbonyl (C=O) groups excluding carboxylic acids is 2. The van der Waals surface area contributed by atoms with Crippen molar-refractivity contribution in [1.29, 1.82) is 0 Å². The maximum Gasteiger partial charge on any atom is 0.414 e. The molecule has 0 aliphatic carbocycles. The second-order valence-corrected chi connectivity index (χ2v) is 7.92. The number of hydrogen-bond donors (Lipinski definition) is 0. The monoisotopic (exact) mass is 420 g/mol. The highest BCUT2D eigenvalue weighted by atomic mass is 32.1. The fourth-order valence-electron chi connectivity index (χ4n) is 3.07. The van der Waals surface area contributed by atoms with Gasteiger partial charge in [-0.15, -0.1) is 11.3 Å². The number of rotatable bonds is 5. The van der Waals surface area contributed by atoms with Crippen LogP contribution in [0.5, 0.6) is 0 Å². The van der Waals surface area contributed by atoms with Crippen LogP contribution in [0.2, 0.25) is 0 Å². The van der Waals surface area contributed by atoms with Crippen molar-refractivity contribution in [3.63, 3.8) is 0 Å². The zero-order chi connectivity index (χ0) is 21.3. The number of anilines is 1. The fraction of sp³-hybridized carbons (Fsp3) is 0.182. The lowest BCUT2D eigenvalue weighted by atomic mass is 10.1. The molecule has 30 heavy (non-hydrogen) atoms. The molecule has 1 aromatic carbocycles. The molecule has 0 aliphatic rings. The van der Waals surface area contributed by atoms with Crippen molar-refractivity contribution in [3.8, 4) is 11.3 Å². The van der Waals surface area contributed by atoms with Crippen LogP contribution in [0.1, 0.15) is 29.1 Å². The number of hydrogen-bond acceptors (Lipinski definition) is 6. The van der Waals surface area contributed by atoms with Crippen LogP contribution in [0.15, 0.2) is 60.2 Å². The Morgan fingerprint density at radius 1 is 1.17 bits per heavy atom. The number of fused-ring (bicyclic) bond motifs is 1. The van der Waals surface area contributed by atoms with Crippen molar-refractivity contribution in [2.45, 2.75) is 20.0 Å². The van der Waals surface area contributed by atoms with Crippen LogP contribution < -0.4 is 4.90 Å². The molecule has 1 amide bonds. The molecular weight excluding hydrogens is 400 g/mol. The molecule has 8 heteroatoms. The van der Waals surface area contributed by atoms with Crippen molar-refractivity contribution < 1.29 is 14.3 Å². The highest BCUT2D eigenvalue weighted by Crippen LogP contribution is 2.26. The first-order valence-corrected chi connectivity index (χ1v) is 10.3. The van der Waals surface area contributed by atoms with Gasteiger partial charge < -0.3 is 4.74 Å². The summed E-state index contributed by atoms with van der Waals surface area (Å²) in [6.07, 6.45) is 2.57. The van der Waals surface area contributed by atoms with Gasteiger partial charge in [-0.3, -0.25) is 9.69 Å². The summed E-state index contributed by atoms with van der Waals surface area (Å²) >= 11 is 1.39. The van der Waals surface area contributed by atoms with E-state index in [1.807, 2.05) is 55.6 Å². The third-order valence-corrected chi connectivity index (χ3v) is 5.40. The van der Waals surface area contributed by atoms with Crippen LogP contribution in [-0.4, -0.2) is 39.6 Å². The number of aromatic nitrogens is 3. The quantitative estimate of drug-likeness (QED) is 0.439. The first-order chi connectivity index (χ1) is 14.5. The topological polar surface area (TPSA) is 76.8 Å². The molecule has 0 radical (unpaired) electrons. The summed E-state index contributed by atoms with van der Waals surface area (Å²) in [5, 5.41) is 6.27. The zero-order valence-corrected chi connectivity index (χ0v) is 17.6. The lowest BCUT2D eigenvalue weighted by Gasteiger charge is -2.19. The van der Waals surface area contributed by atoms with Crippen molar-refractivity contribution in [1.82, 2.24) is 14.6 Å². The number of amides is 1. The Morgan fingerprint density at radius 2 is 2.00 bits per heavy atom. The van der Waals surface area contributed by atoms with Gasteiger partial charge in [-0.2, -0.15) is 5.10 Å². The van der Waals surface area contributed by atoms with Crippen molar-refractivity contribution >= 4 is 34.5 Å². The van der Waals surface area contributed by atoms with Gasteiger partial charge in [0.1, 0.15) is 0 Å². The molecule has 4 rings (SSSR count). The van der Waals surface area contributed by atoms with Gasteiger partial charge in [0, 0.05) is 24.5 Å². The minimum absolute atomic E-state index is 0.102. The minimum Gasteiger partial charge on any atom is -0.446 e. The molecule has 0 bridgehead atoms. The van der Waals surface area contributed by atoms with E-state index in [0.29, 0.717) is 21.8 Å². The molecule has 0 spiro atoms. The number of nitrogens with zero attached hydrogens (tertiary/aromatic N) is 4. The van der Waals surface area contributed by atoms with Crippen molar-refractivity contribution in [2.24, 2.45) is 0 Å². The summed E-state index contributed by atoms with van der Waals surface area (Å²) in [6, 6.07) is 12.9. The predicted molar refractivity (Wildman–Crippen MR) is 116 cm³/mol. The summed E-state index contributed by atoms with van der Waals surface area (Å²) in [5.41, 5.74) is 3.22. The van der Waals surface area contributed by atoms with E-state index in [0.717, 1.165) is 11.3 Å². The Balaban J connectivity index is 1.72. The highest BCUT2D eigenvalue weighted by molar-refractivity contribution is 7.12. The van der Waals surface area contributed by atoms with Crippen LogP contribution >= 0.6 is 11.3 Å². The van der Waals surface area contributed by atoms with Crippen LogP contribution in [-0.2, 0) is 4.74 Å². The van der Waals surface area contributed by atoms with Gasteiger partial charge in [0.25, 0.3) is 0 Å². The van der Waals surface area contributed by atoms with Crippen molar-refractivity contribution in [3.05, 3.63) is 70.7 Å². The van der Waals surface area contributed by atoms with E-state index >= 15 is 0 Å². The van der Waals surface area contributed by atoms with Gasteiger partial charge in [0.05, 0.1) is 28.4 Å². The fourth-order valence-corrected chi connectivity index (χ4v) is 3.75. The summed E-state index contributed by atoms with van der Waals surface area (Å²) in [4.78, 5) is 31.5. The molecule has 3 aromatic heterocycles. The van der Waals surface area contributed by atoms with Gasteiger partial charge in [-0.05, 0) is 43.5 Å². The number of benzene rings is 1. The second kappa shape index (κ2) is 8.08. The van der Waals surface area contributed by atoms with E-state index in [2.05, 4.69) is 10.1 Å². The molecule has 0 aliphatic heterocycles. The van der Waals surface area contributed by atoms with E-state index in [-0.39, 0.29) is 11.9 Å². The lowest BCUT2D eigenvalue weighted by molar-refractivity contribution is 0.104. The molecule has 3 heterocycles. The van der Waals surface area contributed by atoms with E-state index in [4.69, 9.17) is 4.74 Å². The minimum atomic E-state index is -0.426. The molecule has 0 unspecified atom stereocenters. The molecule has 7 nitrogen and oxygen atoms in total. The van der Waals surface area contributed by atoms with E-state index < -0.39 is 6.09 Å². The van der Waals surface area contributed by atoms with Gasteiger partial charge >= 0.3 is 6.09 Å². The molecule has 0 atom stereocenters. The molecule has 0 saturated heterocycles. The van der Waals surface area contributed by atoms with Gasteiger partial charge in [-0.1, -0.05) is 18.2 Å². The Morgan fingerprint density at radius 3 is 2.73 bits per heavy atom. The van der Waals surface area contributed by atoms with E-state index in [9.17, 15) is 9.59 Å². The van der Waals surface area contributed by atoms with Gasteiger partial charge in [0.15, 0.2) is 5.65 Å². The zero-order valence-electron chi connectivity index (χ0n) is 16.8. The normalized spacial score (nSPS) is 11.1. The standard InChI is InChI=1S/C22H20N4O3S/c1-14(2)29-22(28)25(3)16-7-4-6-15(12-16)18-9-10-23-21-17(13-24-26(18)21)20(27)19-8-5-11-30-19/h4-14H,1-3H3. The summed E-state index contributed by atoms with van der Waals surface area (Å²) in [7, 11) is 1.66. The largest absolute Gasteiger partial charge is 0.446 e. The Hall–Kier alpha value is -3.52. The highest BCUT2D eigenvalue weighted by Gasteiger charge is 2.19. The average molecular weight is 420 g/mol. The molecule has 0 fully saturated rings. The lowest BCUT2D eigenvalue weighted by Crippen LogP contribution is -2.29. The molecule has 4 aromatic rings. The van der Waals surface area contributed by atoms with Gasteiger partial charge in [-0.25, -0.2) is 14.3 Å². The SMILES string of the molecule is CC(C)OC(=O)N(C)c1cccc(-c2ccnc3c(C(=O)c4cccs4)cnn23)c1. The molecular formula is C22H20N4O3S. The predicted octanol–water partition coefficient (Wildman–Crippen LogP) is 4.67. The maximum atomic E-state index is 12.8. The van der Waals surface area contributed by atoms with E-state index in [1.165, 1.54) is 16.2 Å². The Labute approximate surface area is 177 Å². The summed E-state index contributed by atoms with van der Waals surface area (Å²) < 4.78 is 6.92. The first kappa shape index (κ1) is 19.8. The number of ketones is 1. The molecule has 0 saturated carbocycles. The Kier molecular flexibility index (Phi) is 5.33. The Bertz CT molecular complexity index is 1210. The van der Waals surface area contributed by atoms with Crippen LogP contribution in [0.25, 0.3) is 16.9 Å². The third kappa shape index (κ3) is 3.69. The van der Waals surface area contributed by atoms with Crippen LogP contribution in [0.3, 0.4) is 0 Å². The smallest absolute Gasteiger partial charge is 0.414 e. The number of carbonyl (C=O) groups is 2. The number of thiophene rings is 1. The van der Waals surface area contributed by atoms with Crippen LogP contribution in [0, 0.1) is 0 Å². The van der Waals surface area contributed by atoms with Crippen molar-refractivity contribution in [2.75, 3.05) is 11.9 Å². The molecule has 0 N–H and O–H groups in total. The van der Waals surface area contributed by atoms with Gasteiger partial charge in [0.2, 0.25) is 5.78 Å². The second-order valence-electron chi connectivity index (χ2n) is 6.97.